The molecule has 1 aliphatic rings. The molecule has 94 valence electrons. The van der Waals surface area contributed by atoms with Gasteiger partial charge in [-0.2, -0.15) is 0 Å². The Labute approximate surface area is 110 Å². The molecule has 0 aliphatic heterocycles. The summed E-state index contributed by atoms with van der Waals surface area (Å²) in [7, 11) is 0. The molecule has 0 radical (unpaired) electrons. The van der Waals surface area contributed by atoms with Crippen molar-refractivity contribution in [1.29, 1.82) is 0 Å². The molecule has 0 bridgehead atoms. The van der Waals surface area contributed by atoms with Crippen molar-refractivity contribution in [1.82, 2.24) is 15.0 Å². The summed E-state index contributed by atoms with van der Waals surface area (Å²) < 4.78 is 0. The smallest absolute Gasteiger partial charge is 0.139 e. The van der Waals surface area contributed by atoms with E-state index in [0.29, 0.717) is 12.1 Å². The zero-order valence-electron chi connectivity index (χ0n) is 10.3. The number of allylic oxidation sites excluding steroid dienone is 6. The van der Waals surface area contributed by atoms with E-state index >= 15 is 0 Å². The number of aliphatic hydroxyl groups excluding tert-OH is 1. The lowest BCUT2D eigenvalue weighted by Gasteiger charge is -2.03. The van der Waals surface area contributed by atoms with E-state index in [2.05, 4.69) is 16.8 Å². The third-order valence-corrected chi connectivity index (χ3v) is 2.97. The molecule has 2 aromatic rings. The van der Waals surface area contributed by atoms with Crippen molar-refractivity contribution in [3.8, 4) is 0 Å². The van der Waals surface area contributed by atoms with Crippen molar-refractivity contribution in [2.45, 2.75) is 6.42 Å². The third kappa shape index (κ3) is 2.08. The number of rotatable bonds is 2. The molecule has 19 heavy (non-hydrogen) atoms. The number of benzene rings is 1. The minimum atomic E-state index is 0.174. The van der Waals surface area contributed by atoms with Crippen LogP contribution in [0, 0.1) is 0 Å². The Morgan fingerprint density at radius 2 is 1.84 bits per heavy atom. The summed E-state index contributed by atoms with van der Waals surface area (Å²) in [6.45, 7) is 3.75. The van der Waals surface area contributed by atoms with Gasteiger partial charge in [-0.25, -0.2) is 0 Å². The van der Waals surface area contributed by atoms with Crippen LogP contribution in [0.25, 0.3) is 16.7 Å². The average Bonchev–Trinajstić information content (AvgIpc) is 2.76. The molecule has 1 aromatic carbocycles. The van der Waals surface area contributed by atoms with Crippen molar-refractivity contribution < 1.29 is 5.11 Å². The van der Waals surface area contributed by atoms with Crippen molar-refractivity contribution >= 4 is 16.7 Å². The third-order valence-electron chi connectivity index (χ3n) is 2.97. The zero-order valence-corrected chi connectivity index (χ0v) is 10.3. The van der Waals surface area contributed by atoms with Gasteiger partial charge in [0.1, 0.15) is 22.5 Å². The van der Waals surface area contributed by atoms with Gasteiger partial charge in [-0.15, -0.1) is 15.0 Å². The Morgan fingerprint density at radius 1 is 1.16 bits per heavy atom. The number of nitrogens with zero attached hydrogens (tertiary/aromatic N) is 3. The van der Waals surface area contributed by atoms with Gasteiger partial charge in [0.05, 0.1) is 0 Å². The molecule has 0 amide bonds. The quantitative estimate of drug-likeness (QED) is 0.891. The van der Waals surface area contributed by atoms with E-state index in [4.69, 9.17) is 0 Å². The molecule has 1 N–H and O–H groups in total. The summed E-state index contributed by atoms with van der Waals surface area (Å²) in [5, 5.41) is 18.8. The lowest BCUT2D eigenvalue weighted by atomic mass is 10.2. The number of fused-ring (bicyclic) bond motifs is 1. The van der Waals surface area contributed by atoms with Crippen LogP contribution in [0.3, 0.4) is 0 Å². The van der Waals surface area contributed by atoms with E-state index in [-0.39, 0.29) is 5.76 Å². The van der Waals surface area contributed by atoms with E-state index in [0.717, 1.165) is 16.6 Å². The van der Waals surface area contributed by atoms with Crippen LogP contribution in [-0.2, 0) is 0 Å². The van der Waals surface area contributed by atoms with Gasteiger partial charge in [0, 0.05) is 0 Å². The standard InChI is InChI=1S/C15H13N3O/c1-2-11-6-5-9-15(19)14(10-11)18-16-12-7-3-4-8-13(12)17-18/h2-4,6-10,19H,1,5H2. The molecule has 3 rings (SSSR count). The molecule has 0 saturated carbocycles. The molecule has 1 aromatic heterocycles. The summed E-state index contributed by atoms with van der Waals surface area (Å²) in [5.41, 5.74) is 3.09. The fourth-order valence-corrected chi connectivity index (χ4v) is 1.97. The first-order valence-corrected chi connectivity index (χ1v) is 6.04. The van der Waals surface area contributed by atoms with Crippen LogP contribution in [0.4, 0.5) is 0 Å². The minimum absolute atomic E-state index is 0.174. The van der Waals surface area contributed by atoms with Crippen molar-refractivity contribution in [3.05, 3.63) is 66.5 Å². The Bertz CT molecular complexity index is 702. The summed E-state index contributed by atoms with van der Waals surface area (Å²) in [4.78, 5) is 1.46. The van der Waals surface area contributed by atoms with Gasteiger partial charge in [-0.05, 0) is 36.3 Å². The molecule has 1 aliphatic carbocycles. The predicted molar refractivity (Wildman–Crippen MR) is 75.4 cm³/mol. The number of hydrogen-bond donors (Lipinski definition) is 1. The van der Waals surface area contributed by atoms with Crippen LogP contribution in [0.15, 0.2) is 66.5 Å². The van der Waals surface area contributed by atoms with Gasteiger partial charge in [0.15, 0.2) is 0 Å². The van der Waals surface area contributed by atoms with Crippen molar-refractivity contribution in [2.24, 2.45) is 0 Å². The first-order chi connectivity index (χ1) is 9.28. The fraction of sp³-hybridized carbons (Fsp3) is 0.0667. The highest BCUT2D eigenvalue weighted by molar-refractivity contribution is 5.75. The summed E-state index contributed by atoms with van der Waals surface area (Å²) in [6, 6.07) is 7.60. The van der Waals surface area contributed by atoms with E-state index in [1.165, 1.54) is 4.80 Å². The largest absolute Gasteiger partial charge is 0.506 e. The van der Waals surface area contributed by atoms with E-state index < -0.39 is 0 Å². The minimum Gasteiger partial charge on any atom is -0.506 e. The SMILES string of the molecule is C=CC1=CCC=C(O)C(n2nc3ccccc3n2)=C1. The summed E-state index contributed by atoms with van der Waals surface area (Å²) >= 11 is 0. The number of aromatic nitrogens is 3. The molecule has 0 saturated heterocycles. The average molecular weight is 251 g/mol. The summed E-state index contributed by atoms with van der Waals surface area (Å²) in [6.07, 6.45) is 7.95. The van der Waals surface area contributed by atoms with Gasteiger partial charge < -0.3 is 5.11 Å². The van der Waals surface area contributed by atoms with E-state index in [1.807, 2.05) is 36.4 Å². The molecule has 4 heteroatoms. The second-order valence-electron chi connectivity index (χ2n) is 4.24. The van der Waals surface area contributed by atoms with Crippen LogP contribution >= 0.6 is 0 Å². The van der Waals surface area contributed by atoms with Crippen LogP contribution < -0.4 is 0 Å². The van der Waals surface area contributed by atoms with Gasteiger partial charge in [-0.1, -0.05) is 30.9 Å². The Kier molecular flexibility index (Phi) is 2.76. The van der Waals surface area contributed by atoms with Crippen LogP contribution in [0.2, 0.25) is 0 Å². The monoisotopic (exact) mass is 251 g/mol. The number of hydrogen-bond acceptors (Lipinski definition) is 3. The highest BCUT2D eigenvalue weighted by Gasteiger charge is 2.12. The molecule has 0 atom stereocenters. The Balaban J connectivity index is 2.15. The first kappa shape index (κ1) is 11.5. The highest BCUT2D eigenvalue weighted by atomic mass is 16.3. The fourth-order valence-electron chi connectivity index (χ4n) is 1.97. The highest BCUT2D eigenvalue weighted by Crippen LogP contribution is 2.21. The summed E-state index contributed by atoms with van der Waals surface area (Å²) in [5.74, 6) is 0.174. The second-order valence-corrected chi connectivity index (χ2v) is 4.24. The molecule has 1 heterocycles. The van der Waals surface area contributed by atoms with Crippen LogP contribution in [-0.4, -0.2) is 20.1 Å². The van der Waals surface area contributed by atoms with E-state index in [1.54, 1.807) is 12.2 Å². The number of aliphatic hydroxyl groups is 1. The van der Waals surface area contributed by atoms with Crippen LogP contribution in [0.5, 0.6) is 0 Å². The Morgan fingerprint density at radius 3 is 2.47 bits per heavy atom. The maximum absolute atomic E-state index is 10.1. The molecular formula is C15H13N3O. The first-order valence-electron chi connectivity index (χ1n) is 6.04. The van der Waals surface area contributed by atoms with Gasteiger partial charge >= 0.3 is 0 Å². The molecular weight excluding hydrogens is 238 g/mol. The lowest BCUT2D eigenvalue weighted by Crippen LogP contribution is -2.04. The second kappa shape index (κ2) is 4.57. The molecule has 0 fully saturated rings. The molecule has 0 spiro atoms. The normalized spacial score (nSPS) is 15.5. The predicted octanol–water partition coefficient (Wildman–Crippen LogP) is 3.23. The van der Waals surface area contributed by atoms with Crippen LogP contribution in [0.1, 0.15) is 6.42 Å². The van der Waals surface area contributed by atoms with Gasteiger partial charge in [-0.3, -0.25) is 0 Å². The van der Waals surface area contributed by atoms with Crippen molar-refractivity contribution in [3.63, 3.8) is 0 Å². The maximum atomic E-state index is 10.1. The van der Waals surface area contributed by atoms with E-state index in [9.17, 15) is 5.11 Å². The molecule has 0 unspecified atom stereocenters. The Hall–Kier alpha value is -2.62. The van der Waals surface area contributed by atoms with Gasteiger partial charge in [0.2, 0.25) is 0 Å². The van der Waals surface area contributed by atoms with Gasteiger partial charge in [0.25, 0.3) is 0 Å². The molecule has 4 nitrogen and oxygen atoms in total. The lowest BCUT2D eigenvalue weighted by molar-refractivity contribution is 0.426. The van der Waals surface area contributed by atoms with Crippen molar-refractivity contribution in [2.75, 3.05) is 0 Å². The zero-order chi connectivity index (χ0) is 13.2. The maximum Gasteiger partial charge on any atom is 0.139 e. The topological polar surface area (TPSA) is 50.9 Å².